The molecule has 2 fully saturated rings. The quantitative estimate of drug-likeness (QED) is 0.811. The van der Waals surface area contributed by atoms with Crippen molar-refractivity contribution in [1.82, 2.24) is 14.9 Å². The monoisotopic (exact) mass is 396 g/mol. The Balaban J connectivity index is 1.38. The van der Waals surface area contributed by atoms with E-state index in [-0.39, 0.29) is 22.9 Å². The Morgan fingerprint density at radius 2 is 1.86 bits per heavy atom. The molecular formula is C22H28N4O3. The number of anilines is 1. The van der Waals surface area contributed by atoms with E-state index in [1.54, 1.807) is 14.0 Å². The number of piperidine rings is 1. The zero-order valence-corrected chi connectivity index (χ0v) is 17.2. The maximum atomic E-state index is 13.2. The molecule has 0 radical (unpaired) electrons. The molecular weight excluding hydrogens is 368 g/mol. The fourth-order valence-corrected chi connectivity index (χ4v) is 4.10. The third-order valence-corrected chi connectivity index (χ3v) is 6.32. The lowest BCUT2D eigenvalue weighted by Gasteiger charge is -2.35. The van der Waals surface area contributed by atoms with Gasteiger partial charge in [0.25, 0.3) is 5.56 Å². The summed E-state index contributed by atoms with van der Waals surface area (Å²) in [4.78, 5) is 34.4. The highest BCUT2D eigenvalue weighted by atomic mass is 16.5. The maximum Gasteiger partial charge on any atom is 0.255 e. The van der Waals surface area contributed by atoms with E-state index < -0.39 is 0 Å². The minimum absolute atomic E-state index is 0.109. The first kappa shape index (κ1) is 19.5. The zero-order valence-electron chi connectivity index (χ0n) is 17.2. The predicted molar refractivity (Wildman–Crippen MR) is 111 cm³/mol. The molecule has 0 atom stereocenters. The number of amides is 1. The number of aryl methyl sites for hydroxylation is 1. The molecule has 1 amide bonds. The van der Waals surface area contributed by atoms with Crippen molar-refractivity contribution in [2.75, 3.05) is 25.5 Å². The molecule has 2 aromatic rings. The van der Waals surface area contributed by atoms with Crippen LogP contribution in [-0.2, 0) is 10.2 Å². The van der Waals surface area contributed by atoms with Crippen LogP contribution in [0.1, 0.15) is 42.5 Å². The molecule has 1 aromatic heterocycles. The number of benzene rings is 1. The Labute approximate surface area is 170 Å². The maximum absolute atomic E-state index is 13.2. The SMILES string of the molecule is COc1ccc(C2(C(=O)N3CCC(Nc4nc(C)c(C)c(=O)[nH]4)CC3)CC2)cc1. The molecule has 154 valence electrons. The Bertz CT molecular complexity index is 955. The Morgan fingerprint density at radius 1 is 1.21 bits per heavy atom. The molecule has 0 bridgehead atoms. The molecule has 1 saturated carbocycles. The molecule has 1 aliphatic heterocycles. The number of rotatable bonds is 5. The zero-order chi connectivity index (χ0) is 20.6. The first-order chi connectivity index (χ1) is 13.9. The van der Waals surface area contributed by atoms with Gasteiger partial charge in [0, 0.05) is 30.4 Å². The molecule has 7 nitrogen and oxygen atoms in total. The van der Waals surface area contributed by atoms with Crippen molar-refractivity contribution < 1.29 is 9.53 Å². The summed E-state index contributed by atoms with van der Waals surface area (Å²) < 4.78 is 5.23. The van der Waals surface area contributed by atoms with E-state index in [0.29, 0.717) is 24.6 Å². The van der Waals surface area contributed by atoms with Gasteiger partial charge in [-0.25, -0.2) is 4.98 Å². The summed E-state index contributed by atoms with van der Waals surface area (Å²) in [6, 6.07) is 8.08. The largest absolute Gasteiger partial charge is 0.497 e. The second kappa shape index (κ2) is 7.54. The first-order valence-corrected chi connectivity index (χ1v) is 10.2. The Morgan fingerprint density at radius 3 is 2.41 bits per heavy atom. The number of aromatic nitrogens is 2. The van der Waals surface area contributed by atoms with E-state index in [1.807, 2.05) is 36.1 Å². The molecule has 0 unspecified atom stereocenters. The van der Waals surface area contributed by atoms with Gasteiger partial charge in [-0.05, 0) is 57.2 Å². The normalized spacial score (nSPS) is 18.4. The number of H-pyrrole nitrogens is 1. The van der Waals surface area contributed by atoms with Crippen LogP contribution in [0.5, 0.6) is 5.75 Å². The second-order valence-electron chi connectivity index (χ2n) is 8.15. The smallest absolute Gasteiger partial charge is 0.255 e. The van der Waals surface area contributed by atoms with E-state index >= 15 is 0 Å². The van der Waals surface area contributed by atoms with Gasteiger partial charge in [0.1, 0.15) is 5.75 Å². The standard InChI is InChI=1S/C22H28N4O3/c1-14-15(2)23-21(25-19(14)27)24-17-8-12-26(13-9-17)20(28)22(10-11-22)16-4-6-18(29-3)7-5-16/h4-7,17H,8-13H2,1-3H3,(H2,23,24,25,27). The highest BCUT2D eigenvalue weighted by Gasteiger charge is 2.53. The average molecular weight is 396 g/mol. The summed E-state index contributed by atoms with van der Waals surface area (Å²) >= 11 is 0. The van der Waals surface area contributed by atoms with Crippen molar-refractivity contribution in [2.24, 2.45) is 0 Å². The summed E-state index contributed by atoms with van der Waals surface area (Å²) in [5.74, 6) is 1.56. The number of ether oxygens (including phenoxy) is 1. The molecule has 1 aliphatic carbocycles. The summed E-state index contributed by atoms with van der Waals surface area (Å²) in [5.41, 5.74) is 2.00. The molecule has 0 spiro atoms. The number of aromatic amines is 1. The van der Waals surface area contributed by atoms with E-state index in [9.17, 15) is 9.59 Å². The van der Waals surface area contributed by atoms with Crippen molar-refractivity contribution >= 4 is 11.9 Å². The van der Waals surface area contributed by atoms with Crippen LogP contribution in [-0.4, -0.2) is 47.0 Å². The minimum atomic E-state index is -0.354. The lowest BCUT2D eigenvalue weighted by molar-refractivity contribution is -0.134. The van der Waals surface area contributed by atoms with Gasteiger partial charge in [-0.3, -0.25) is 14.6 Å². The van der Waals surface area contributed by atoms with Crippen LogP contribution in [0.3, 0.4) is 0 Å². The van der Waals surface area contributed by atoms with Crippen LogP contribution >= 0.6 is 0 Å². The third-order valence-electron chi connectivity index (χ3n) is 6.32. The van der Waals surface area contributed by atoms with Gasteiger partial charge < -0.3 is 15.0 Å². The highest BCUT2D eigenvalue weighted by molar-refractivity contribution is 5.91. The van der Waals surface area contributed by atoms with E-state index in [2.05, 4.69) is 15.3 Å². The summed E-state index contributed by atoms with van der Waals surface area (Å²) in [7, 11) is 1.65. The van der Waals surface area contributed by atoms with Crippen LogP contribution in [0, 0.1) is 13.8 Å². The molecule has 2 N–H and O–H groups in total. The fourth-order valence-electron chi connectivity index (χ4n) is 4.10. The van der Waals surface area contributed by atoms with Crippen LogP contribution in [0.25, 0.3) is 0 Å². The number of nitrogens with one attached hydrogen (secondary N) is 2. The number of carbonyl (C=O) groups is 1. The van der Waals surface area contributed by atoms with Crippen LogP contribution in [0.2, 0.25) is 0 Å². The Kier molecular flexibility index (Phi) is 5.06. The lowest BCUT2D eigenvalue weighted by Crippen LogP contribution is -2.46. The number of carbonyl (C=O) groups excluding carboxylic acids is 1. The summed E-state index contributed by atoms with van der Waals surface area (Å²) in [5, 5.41) is 3.33. The number of likely N-dealkylation sites (tertiary alicyclic amines) is 1. The van der Waals surface area contributed by atoms with Crippen LogP contribution in [0.15, 0.2) is 29.1 Å². The van der Waals surface area contributed by atoms with Crippen LogP contribution < -0.4 is 15.6 Å². The molecule has 2 heterocycles. The van der Waals surface area contributed by atoms with E-state index in [1.165, 1.54) is 0 Å². The summed E-state index contributed by atoms with van der Waals surface area (Å²) in [6.45, 7) is 5.03. The molecule has 4 rings (SSSR count). The van der Waals surface area contributed by atoms with Crippen molar-refractivity contribution in [2.45, 2.75) is 51.0 Å². The number of nitrogens with zero attached hydrogens (tertiary/aromatic N) is 2. The van der Waals surface area contributed by atoms with Gasteiger partial charge >= 0.3 is 0 Å². The molecule has 2 aliphatic rings. The van der Waals surface area contributed by atoms with Gasteiger partial charge in [-0.2, -0.15) is 0 Å². The molecule has 1 saturated heterocycles. The minimum Gasteiger partial charge on any atom is -0.497 e. The number of methoxy groups -OCH3 is 1. The van der Waals surface area contributed by atoms with Crippen molar-refractivity contribution in [3.63, 3.8) is 0 Å². The molecule has 29 heavy (non-hydrogen) atoms. The fraction of sp³-hybridized carbons (Fsp3) is 0.500. The third kappa shape index (κ3) is 3.73. The van der Waals surface area contributed by atoms with E-state index in [4.69, 9.17) is 4.74 Å². The van der Waals surface area contributed by atoms with Gasteiger partial charge in [-0.1, -0.05) is 12.1 Å². The molecule has 7 heteroatoms. The predicted octanol–water partition coefficient (Wildman–Crippen LogP) is 2.53. The van der Waals surface area contributed by atoms with Gasteiger partial charge in [0.15, 0.2) is 0 Å². The van der Waals surface area contributed by atoms with Gasteiger partial charge in [0.2, 0.25) is 11.9 Å². The van der Waals surface area contributed by atoms with Crippen molar-refractivity contribution in [3.8, 4) is 5.75 Å². The Hall–Kier alpha value is -2.83. The summed E-state index contributed by atoms with van der Waals surface area (Å²) in [6.07, 6.45) is 3.48. The van der Waals surface area contributed by atoms with Gasteiger partial charge in [-0.15, -0.1) is 0 Å². The van der Waals surface area contributed by atoms with Crippen molar-refractivity contribution in [3.05, 3.63) is 51.4 Å². The van der Waals surface area contributed by atoms with Gasteiger partial charge in [0.05, 0.1) is 12.5 Å². The highest BCUT2D eigenvalue weighted by Crippen LogP contribution is 2.50. The molecule has 1 aromatic carbocycles. The number of hydrogen-bond donors (Lipinski definition) is 2. The van der Waals surface area contributed by atoms with Crippen molar-refractivity contribution in [1.29, 1.82) is 0 Å². The van der Waals surface area contributed by atoms with Crippen LogP contribution in [0.4, 0.5) is 5.95 Å². The first-order valence-electron chi connectivity index (χ1n) is 10.2. The topological polar surface area (TPSA) is 87.3 Å². The van der Waals surface area contributed by atoms with E-state index in [0.717, 1.165) is 42.7 Å². The lowest BCUT2D eigenvalue weighted by atomic mass is 9.92. The average Bonchev–Trinajstić information content (AvgIpc) is 3.54. The second-order valence-corrected chi connectivity index (χ2v) is 8.15. The number of hydrogen-bond acceptors (Lipinski definition) is 5.